The summed E-state index contributed by atoms with van der Waals surface area (Å²) in [6, 6.07) is 15.8. The molecule has 3 rings (SSSR count). The van der Waals surface area contributed by atoms with E-state index in [1.165, 1.54) is 5.56 Å². The summed E-state index contributed by atoms with van der Waals surface area (Å²) in [6.45, 7) is 4.57. The van der Waals surface area contributed by atoms with Crippen molar-refractivity contribution in [3.63, 3.8) is 0 Å². The van der Waals surface area contributed by atoms with E-state index in [1.54, 1.807) is 0 Å². The van der Waals surface area contributed by atoms with Crippen LogP contribution in [0.25, 0.3) is 0 Å². The van der Waals surface area contributed by atoms with Crippen molar-refractivity contribution in [2.45, 2.75) is 25.9 Å². The van der Waals surface area contributed by atoms with Crippen LogP contribution in [0.15, 0.2) is 48.5 Å². The van der Waals surface area contributed by atoms with Crippen molar-refractivity contribution in [2.24, 2.45) is 0 Å². The Morgan fingerprint density at radius 1 is 1.23 bits per heavy atom. The highest BCUT2D eigenvalue weighted by Crippen LogP contribution is 2.25. The Hall–Kier alpha value is -2.08. The zero-order chi connectivity index (χ0) is 17.5. The van der Waals surface area contributed by atoms with Crippen LogP contribution in [0.2, 0.25) is 0 Å². The van der Waals surface area contributed by atoms with Gasteiger partial charge >= 0.3 is 0 Å². The van der Waals surface area contributed by atoms with Crippen molar-refractivity contribution in [1.82, 2.24) is 10.6 Å². The number of hydrogen-bond acceptors (Lipinski definition) is 4. The molecule has 26 heavy (non-hydrogen) atoms. The van der Waals surface area contributed by atoms with E-state index >= 15 is 0 Å². The summed E-state index contributed by atoms with van der Waals surface area (Å²) in [7, 11) is 0. The molecule has 0 aromatic heterocycles. The summed E-state index contributed by atoms with van der Waals surface area (Å²) < 4.78 is 11.3. The highest BCUT2D eigenvalue weighted by molar-refractivity contribution is 5.85. The minimum absolute atomic E-state index is 0. The summed E-state index contributed by atoms with van der Waals surface area (Å²) in [4.78, 5) is 12.1. The predicted molar refractivity (Wildman–Crippen MR) is 104 cm³/mol. The number of ether oxygens (including phenoxy) is 2. The summed E-state index contributed by atoms with van der Waals surface area (Å²) in [6.07, 6.45) is 0.418. The largest absolute Gasteiger partial charge is 0.457 e. The van der Waals surface area contributed by atoms with Gasteiger partial charge in [0, 0.05) is 31.1 Å². The van der Waals surface area contributed by atoms with E-state index in [0.29, 0.717) is 26.2 Å². The van der Waals surface area contributed by atoms with Crippen LogP contribution in [0, 0.1) is 6.92 Å². The molecule has 2 aromatic carbocycles. The molecule has 1 saturated heterocycles. The number of aryl methyl sites for hydroxylation is 1. The van der Waals surface area contributed by atoms with E-state index in [1.807, 2.05) is 55.5 Å². The first-order valence-electron chi connectivity index (χ1n) is 8.61. The van der Waals surface area contributed by atoms with Crippen molar-refractivity contribution in [2.75, 3.05) is 19.8 Å². The molecule has 5 nitrogen and oxygen atoms in total. The second-order valence-electron chi connectivity index (χ2n) is 6.23. The fourth-order valence-corrected chi connectivity index (χ4v) is 2.72. The zero-order valence-electron chi connectivity index (χ0n) is 14.9. The SMILES string of the molecule is Cc1ccc(Oc2ccccc2CNC(=O)CC2COCCN2)cc1.Cl. The summed E-state index contributed by atoms with van der Waals surface area (Å²) in [5.74, 6) is 1.55. The number of hydrogen-bond donors (Lipinski definition) is 2. The number of halogens is 1. The van der Waals surface area contributed by atoms with Crippen LogP contribution in [0.5, 0.6) is 11.5 Å². The molecule has 1 unspecified atom stereocenters. The lowest BCUT2D eigenvalue weighted by Crippen LogP contribution is -2.44. The second-order valence-corrected chi connectivity index (χ2v) is 6.23. The molecule has 0 spiro atoms. The van der Waals surface area contributed by atoms with Gasteiger partial charge in [-0.3, -0.25) is 4.79 Å². The molecule has 0 bridgehead atoms. The fraction of sp³-hybridized carbons (Fsp3) is 0.350. The van der Waals surface area contributed by atoms with E-state index in [-0.39, 0.29) is 24.4 Å². The highest BCUT2D eigenvalue weighted by atomic mass is 35.5. The summed E-state index contributed by atoms with van der Waals surface area (Å²) in [5, 5.41) is 6.25. The fourth-order valence-electron chi connectivity index (χ4n) is 2.72. The predicted octanol–water partition coefficient (Wildman–Crippen LogP) is 3.20. The lowest BCUT2D eigenvalue weighted by molar-refractivity contribution is -0.122. The Kier molecular flexibility index (Phi) is 7.91. The molecule has 1 heterocycles. The quantitative estimate of drug-likeness (QED) is 0.812. The van der Waals surface area contributed by atoms with Gasteiger partial charge in [-0.15, -0.1) is 12.4 Å². The molecule has 1 aliphatic heterocycles. The van der Waals surface area contributed by atoms with Gasteiger partial charge in [-0.05, 0) is 25.1 Å². The zero-order valence-corrected chi connectivity index (χ0v) is 15.7. The topological polar surface area (TPSA) is 59.6 Å². The van der Waals surface area contributed by atoms with Gasteiger partial charge in [0.05, 0.1) is 13.2 Å². The van der Waals surface area contributed by atoms with Crippen LogP contribution in [-0.2, 0) is 16.1 Å². The van der Waals surface area contributed by atoms with E-state index in [0.717, 1.165) is 23.6 Å². The first-order chi connectivity index (χ1) is 12.2. The van der Waals surface area contributed by atoms with Crippen LogP contribution in [0.1, 0.15) is 17.5 Å². The van der Waals surface area contributed by atoms with E-state index < -0.39 is 0 Å². The first-order valence-corrected chi connectivity index (χ1v) is 8.61. The molecule has 1 atom stereocenters. The number of morpholine rings is 1. The van der Waals surface area contributed by atoms with E-state index in [2.05, 4.69) is 10.6 Å². The molecule has 0 saturated carbocycles. The Bertz CT molecular complexity index is 700. The van der Waals surface area contributed by atoms with Crippen LogP contribution in [0.4, 0.5) is 0 Å². The maximum atomic E-state index is 12.1. The maximum absolute atomic E-state index is 12.1. The molecule has 0 aliphatic carbocycles. The molecular formula is C20H25ClN2O3. The number of rotatable bonds is 6. The van der Waals surface area contributed by atoms with Gasteiger partial charge in [0.2, 0.25) is 5.91 Å². The molecule has 1 aliphatic rings. The number of nitrogens with one attached hydrogen (secondary N) is 2. The second kappa shape index (κ2) is 10.2. The average molecular weight is 377 g/mol. The van der Waals surface area contributed by atoms with Crippen LogP contribution < -0.4 is 15.4 Å². The first kappa shape index (κ1) is 20.2. The number of amides is 1. The lowest BCUT2D eigenvalue weighted by atomic mass is 10.1. The van der Waals surface area contributed by atoms with Crippen LogP contribution in [0.3, 0.4) is 0 Å². The van der Waals surface area contributed by atoms with Gasteiger partial charge in [0.1, 0.15) is 11.5 Å². The van der Waals surface area contributed by atoms with Crippen molar-refractivity contribution in [3.05, 3.63) is 59.7 Å². The molecule has 2 N–H and O–H groups in total. The Morgan fingerprint density at radius 3 is 2.73 bits per heavy atom. The third-order valence-corrected chi connectivity index (χ3v) is 4.13. The van der Waals surface area contributed by atoms with E-state index in [9.17, 15) is 4.79 Å². The summed E-state index contributed by atoms with van der Waals surface area (Å²) >= 11 is 0. The van der Waals surface area contributed by atoms with Crippen molar-refractivity contribution in [1.29, 1.82) is 0 Å². The van der Waals surface area contributed by atoms with Gasteiger partial charge in [0.25, 0.3) is 0 Å². The molecule has 6 heteroatoms. The van der Waals surface area contributed by atoms with Gasteiger partial charge in [-0.1, -0.05) is 35.9 Å². The summed E-state index contributed by atoms with van der Waals surface area (Å²) in [5.41, 5.74) is 2.14. The molecule has 1 fully saturated rings. The molecule has 140 valence electrons. The maximum Gasteiger partial charge on any atom is 0.221 e. The van der Waals surface area contributed by atoms with Crippen LogP contribution >= 0.6 is 12.4 Å². The minimum Gasteiger partial charge on any atom is -0.457 e. The standard InChI is InChI=1S/C20H24N2O3.ClH/c1-15-6-8-18(9-7-15)25-19-5-3-2-4-16(19)13-22-20(23)12-17-14-24-11-10-21-17;/h2-9,17,21H,10-14H2,1H3,(H,22,23);1H. The van der Waals surface area contributed by atoms with Crippen molar-refractivity contribution >= 4 is 18.3 Å². The minimum atomic E-state index is 0. The smallest absolute Gasteiger partial charge is 0.221 e. The van der Waals surface area contributed by atoms with E-state index in [4.69, 9.17) is 9.47 Å². The monoisotopic (exact) mass is 376 g/mol. The Morgan fingerprint density at radius 2 is 2.00 bits per heavy atom. The third kappa shape index (κ3) is 6.02. The molecule has 2 aromatic rings. The highest BCUT2D eigenvalue weighted by Gasteiger charge is 2.17. The van der Waals surface area contributed by atoms with Gasteiger partial charge in [-0.2, -0.15) is 0 Å². The average Bonchev–Trinajstić information content (AvgIpc) is 2.64. The van der Waals surface area contributed by atoms with Gasteiger partial charge in [0.15, 0.2) is 0 Å². The normalized spacial score (nSPS) is 16.4. The number of benzene rings is 2. The molecule has 0 radical (unpaired) electrons. The Labute approximate surface area is 160 Å². The molecular weight excluding hydrogens is 352 g/mol. The van der Waals surface area contributed by atoms with Gasteiger partial charge < -0.3 is 20.1 Å². The third-order valence-electron chi connectivity index (χ3n) is 4.13. The van der Waals surface area contributed by atoms with Gasteiger partial charge in [-0.25, -0.2) is 0 Å². The molecule has 1 amide bonds. The van der Waals surface area contributed by atoms with Crippen molar-refractivity contribution in [3.8, 4) is 11.5 Å². The number of para-hydroxylation sites is 1. The number of carbonyl (C=O) groups is 1. The number of carbonyl (C=O) groups excluding carboxylic acids is 1. The lowest BCUT2D eigenvalue weighted by Gasteiger charge is -2.23. The van der Waals surface area contributed by atoms with Crippen LogP contribution in [-0.4, -0.2) is 31.7 Å². The Balaban J connectivity index is 0.00000243. The van der Waals surface area contributed by atoms with Crippen molar-refractivity contribution < 1.29 is 14.3 Å².